The second-order valence-electron chi connectivity index (χ2n) is 6.09. The number of carbonyl (C=O) groups is 1. The van der Waals surface area contributed by atoms with Crippen LogP contribution in [0.25, 0.3) is 9.88 Å². The van der Waals surface area contributed by atoms with E-state index in [-0.39, 0.29) is 31.2 Å². The Kier molecular flexibility index (Phi) is 6.88. The predicted molar refractivity (Wildman–Crippen MR) is 105 cm³/mol. The van der Waals surface area contributed by atoms with Crippen molar-refractivity contribution in [3.63, 3.8) is 0 Å². The van der Waals surface area contributed by atoms with Gasteiger partial charge < -0.3 is 15.2 Å². The Hall–Kier alpha value is -2.43. The fourth-order valence-electron chi connectivity index (χ4n) is 2.37. The van der Waals surface area contributed by atoms with Crippen LogP contribution in [0.4, 0.5) is 13.2 Å². The Morgan fingerprint density at radius 2 is 2.07 bits per heavy atom. The summed E-state index contributed by atoms with van der Waals surface area (Å²) >= 11 is 3.02. The molecule has 2 N–H and O–H groups in total. The molecule has 10 heteroatoms. The highest BCUT2D eigenvalue weighted by atomic mass is 32.1. The molecule has 0 fully saturated rings. The van der Waals surface area contributed by atoms with Gasteiger partial charge in [0.15, 0.2) is 0 Å². The molecule has 2 heterocycles. The zero-order valence-corrected chi connectivity index (χ0v) is 16.6. The number of rotatable bonds is 8. The molecule has 0 aliphatic heterocycles. The van der Waals surface area contributed by atoms with Gasteiger partial charge in [0.2, 0.25) is 5.91 Å². The number of aliphatic hydroxyl groups excluding tert-OH is 1. The van der Waals surface area contributed by atoms with Gasteiger partial charge >= 0.3 is 6.18 Å². The summed E-state index contributed by atoms with van der Waals surface area (Å²) in [7, 11) is 0. The molecule has 1 atom stereocenters. The number of thiophene rings is 1. The number of benzene rings is 1. The first-order valence-corrected chi connectivity index (χ1v) is 10.3. The maximum absolute atomic E-state index is 12.7. The van der Waals surface area contributed by atoms with Crippen LogP contribution in [-0.2, 0) is 17.4 Å². The summed E-state index contributed by atoms with van der Waals surface area (Å²) in [5.74, 6) is -0.320. The molecule has 3 rings (SSSR count). The zero-order chi connectivity index (χ0) is 20.9. The average molecular weight is 442 g/mol. The Morgan fingerprint density at radius 1 is 1.24 bits per heavy atom. The number of ether oxygens (including phenoxy) is 1. The second kappa shape index (κ2) is 9.38. The molecule has 0 aliphatic rings. The molecule has 29 heavy (non-hydrogen) atoms. The molecular weight excluding hydrogens is 425 g/mol. The third-order valence-corrected chi connectivity index (χ3v) is 5.69. The van der Waals surface area contributed by atoms with Crippen molar-refractivity contribution < 1.29 is 27.8 Å². The van der Waals surface area contributed by atoms with Crippen LogP contribution in [0, 0.1) is 0 Å². The zero-order valence-electron chi connectivity index (χ0n) is 15.0. The number of thiazole rings is 1. The molecule has 5 nitrogen and oxygen atoms in total. The van der Waals surface area contributed by atoms with Gasteiger partial charge in [-0.3, -0.25) is 4.79 Å². The Bertz CT molecular complexity index is 942. The predicted octanol–water partition coefficient (Wildman–Crippen LogP) is 3.99. The first-order valence-electron chi connectivity index (χ1n) is 8.54. The smallest absolute Gasteiger partial charge is 0.416 e. The first-order chi connectivity index (χ1) is 13.8. The van der Waals surface area contributed by atoms with E-state index in [0.29, 0.717) is 5.69 Å². The van der Waals surface area contributed by atoms with Gasteiger partial charge in [0, 0.05) is 11.9 Å². The molecule has 0 bridgehead atoms. The molecule has 0 aliphatic carbocycles. The van der Waals surface area contributed by atoms with E-state index in [2.05, 4.69) is 10.3 Å². The Morgan fingerprint density at radius 3 is 2.79 bits per heavy atom. The van der Waals surface area contributed by atoms with Crippen molar-refractivity contribution >= 4 is 28.6 Å². The van der Waals surface area contributed by atoms with E-state index < -0.39 is 17.8 Å². The summed E-state index contributed by atoms with van der Waals surface area (Å²) in [6, 6.07) is 8.27. The third kappa shape index (κ3) is 6.28. The number of carbonyl (C=O) groups excluding carboxylic acids is 1. The van der Waals surface area contributed by atoms with Crippen LogP contribution < -0.4 is 10.1 Å². The number of aliphatic hydroxyl groups is 1. The van der Waals surface area contributed by atoms with Gasteiger partial charge in [0.1, 0.15) is 23.5 Å². The van der Waals surface area contributed by atoms with Gasteiger partial charge in [-0.1, -0.05) is 12.1 Å². The number of aromatic nitrogens is 1. The molecule has 1 aromatic carbocycles. The van der Waals surface area contributed by atoms with Crippen LogP contribution in [0.3, 0.4) is 0 Å². The van der Waals surface area contributed by atoms with Crippen molar-refractivity contribution in [2.75, 3.05) is 13.2 Å². The highest BCUT2D eigenvalue weighted by molar-refractivity contribution is 7.20. The SMILES string of the molecule is O=C(Cc1csc(-c2cccs2)n1)NCC(O)COc1cccc(C(F)(F)F)c1. The van der Waals surface area contributed by atoms with E-state index in [1.807, 2.05) is 22.9 Å². The minimum Gasteiger partial charge on any atom is -0.491 e. The summed E-state index contributed by atoms with van der Waals surface area (Å²) in [5.41, 5.74) is -0.200. The maximum atomic E-state index is 12.7. The van der Waals surface area contributed by atoms with E-state index in [4.69, 9.17) is 4.74 Å². The van der Waals surface area contributed by atoms with Gasteiger partial charge in [-0.15, -0.1) is 22.7 Å². The quantitative estimate of drug-likeness (QED) is 0.554. The number of hydrogen-bond donors (Lipinski definition) is 2. The normalized spacial score (nSPS) is 12.6. The standard InChI is InChI=1S/C19H17F3N2O3S2/c20-19(21,22)12-3-1-4-15(7-12)27-10-14(25)9-23-17(26)8-13-11-29-18(24-13)16-5-2-6-28-16/h1-7,11,14,25H,8-10H2,(H,23,26). The van der Waals surface area contributed by atoms with Crippen LogP contribution in [0.2, 0.25) is 0 Å². The summed E-state index contributed by atoms with van der Waals surface area (Å²) in [5, 5.41) is 17.1. The maximum Gasteiger partial charge on any atom is 0.416 e. The van der Waals surface area contributed by atoms with E-state index in [9.17, 15) is 23.1 Å². The molecular formula is C19H17F3N2O3S2. The van der Waals surface area contributed by atoms with Crippen molar-refractivity contribution in [2.24, 2.45) is 0 Å². The fourth-order valence-corrected chi connectivity index (χ4v) is 4.01. The average Bonchev–Trinajstić information content (AvgIpc) is 3.36. The largest absolute Gasteiger partial charge is 0.491 e. The minimum absolute atomic E-state index is 0.00576. The van der Waals surface area contributed by atoms with Gasteiger partial charge in [-0.05, 0) is 29.6 Å². The van der Waals surface area contributed by atoms with Crippen LogP contribution in [0.1, 0.15) is 11.3 Å². The summed E-state index contributed by atoms with van der Waals surface area (Å²) in [6.07, 6.45) is -5.46. The highest BCUT2D eigenvalue weighted by Gasteiger charge is 2.30. The molecule has 1 amide bonds. The van der Waals surface area contributed by atoms with Gasteiger partial charge in [0.05, 0.1) is 22.6 Å². The van der Waals surface area contributed by atoms with E-state index >= 15 is 0 Å². The van der Waals surface area contributed by atoms with Crippen molar-refractivity contribution in [1.29, 1.82) is 0 Å². The molecule has 0 saturated carbocycles. The summed E-state index contributed by atoms with van der Waals surface area (Å²) < 4.78 is 43.2. The molecule has 154 valence electrons. The lowest BCUT2D eigenvalue weighted by atomic mass is 10.2. The number of nitrogens with zero attached hydrogens (tertiary/aromatic N) is 1. The number of alkyl halides is 3. The Balaban J connectivity index is 1.42. The second-order valence-corrected chi connectivity index (χ2v) is 7.90. The van der Waals surface area contributed by atoms with E-state index in [1.54, 1.807) is 11.3 Å². The van der Waals surface area contributed by atoms with Crippen molar-refractivity contribution in [2.45, 2.75) is 18.7 Å². The Labute approximate surface area is 172 Å². The molecule has 2 aromatic heterocycles. The van der Waals surface area contributed by atoms with E-state index in [1.165, 1.54) is 23.5 Å². The van der Waals surface area contributed by atoms with Gasteiger partial charge in [0.25, 0.3) is 0 Å². The first kappa shape index (κ1) is 21.3. The number of nitrogens with one attached hydrogen (secondary N) is 1. The van der Waals surface area contributed by atoms with Crippen molar-refractivity contribution in [3.8, 4) is 15.6 Å². The number of amides is 1. The van der Waals surface area contributed by atoms with Gasteiger partial charge in [-0.2, -0.15) is 13.2 Å². The lowest BCUT2D eigenvalue weighted by Gasteiger charge is -2.14. The topological polar surface area (TPSA) is 71.5 Å². The van der Waals surface area contributed by atoms with Crippen LogP contribution in [0.15, 0.2) is 47.2 Å². The van der Waals surface area contributed by atoms with Crippen LogP contribution >= 0.6 is 22.7 Å². The van der Waals surface area contributed by atoms with Crippen LogP contribution in [-0.4, -0.2) is 35.3 Å². The minimum atomic E-state index is -4.47. The summed E-state index contributed by atoms with van der Waals surface area (Å²) in [6.45, 7) is -0.333. The molecule has 0 saturated heterocycles. The molecule has 0 radical (unpaired) electrons. The lowest BCUT2D eigenvalue weighted by Crippen LogP contribution is -2.36. The third-order valence-electron chi connectivity index (χ3n) is 3.76. The van der Waals surface area contributed by atoms with Crippen molar-refractivity contribution in [3.05, 3.63) is 58.4 Å². The number of hydrogen-bond acceptors (Lipinski definition) is 6. The van der Waals surface area contributed by atoms with Crippen molar-refractivity contribution in [1.82, 2.24) is 10.3 Å². The fraction of sp³-hybridized carbons (Fsp3) is 0.263. The van der Waals surface area contributed by atoms with Crippen LogP contribution in [0.5, 0.6) is 5.75 Å². The molecule has 1 unspecified atom stereocenters. The van der Waals surface area contributed by atoms with Gasteiger partial charge in [-0.25, -0.2) is 4.98 Å². The van der Waals surface area contributed by atoms with E-state index in [0.717, 1.165) is 22.0 Å². The summed E-state index contributed by atoms with van der Waals surface area (Å²) in [4.78, 5) is 17.5. The highest BCUT2D eigenvalue weighted by Crippen LogP contribution is 2.31. The lowest BCUT2D eigenvalue weighted by molar-refractivity contribution is -0.137. The molecule has 3 aromatic rings. The molecule has 0 spiro atoms. The monoisotopic (exact) mass is 442 g/mol. The number of halogens is 3.